The number of methoxy groups -OCH3 is 1. The number of rotatable bonds is 12. The summed E-state index contributed by atoms with van der Waals surface area (Å²) in [5.74, 6) is -0.506. The van der Waals surface area contributed by atoms with E-state index in [9.17, 15) is 24.6 Å². The maximum Gasteiger partial charge on any atom is 0.408 e. The summed E-state index contributed by atoms with van der Waals surface area (Å²) in [7, 11) is 1.54. The SMILES string of the molecule is CCCCN(C(=O)C(Cc1ccc(O)cc1)NC(=O)OC(C)(C)C)C(C(=O)Nc1ccc(OC)cc1)c1cccc(C)c1O. The molecule has 0 aliphatic rings. The van der Waals surface area contributed by atoms with Crippen molar-refractivity contribution in [2.75, 3.05) is 19.0 Å². The molecule has 236 valence electrons. The van der Waals surface area contributed by atoms with E-state index in [2.05, 4.69) is 10.6 Å². The minimum atomic E-state index is -1.24. The average Bonchev–Trinajstić information content (AvgIpc) is 2.97. The topological polar surface area (TPSA) is 137 Å². The molecule has 0 saturated carbocycles. The van der Waals surface area contributed by atoms with Crippen LogP contribution < -0.4 is 15.4 Å². The summed E-state index contributed by atoms with van der Waals surface area (Å²) < 4.78 is 10.7. The fourth-order valence-corrected chi connectivity index (χ4v) is 4.65. The fourth-order valence-electron chi connectivity index (χ4n) is 4.65. The third-order valence-electron chi connectivity index (χ3n) is 6.88. The molecule has 0 radical (unpaired) electrons. The largest absolute Gasteiger partial charge is 0.508 e. The summed E-state index contributed by atoms with van der Waals surface area (Å²) in [5.41, 5.74) is 1.13. The lowest BCUT2D eigenvalue weighted by Gasteiger charge is -2.35. The van der Waals surface area contributed by atoms with E-state index >= 15 is 0 Å². The molecule has 2 atom stereocenters. The van der Waals surface area contributed by atoms with Crippen LogP contribution >= 0.6 is 0 Å². The summed E-state index contributed by atoms with van der Waals surface area (Å²) >= 11 is 0. The standard InChI is InChI=1S/C34H43N3O7/c1-7-8-20-37(32(41)28(36-33(42)44-34(3,4)5)21-23-12-16-25(38)17-13-23)29(27-11-9-10-22(2)30(27)39)31(40)35-24-14-18-26(43-6)19-15-24/h9-19,28-29,38-39H,7-8,20-21H2,1-6H3,(H,35,40)(H,36,42). The highest BCUT2D eigenvalue weighted by atomic mass is 16.6. The molecule has 3 aromatic carbocycles. The van der Waals surface area contributed by atoms with Crippen LogP contribution in [0.4, 0.5) is 10.5 Å². The van der Waals surface area contributed by atoms with Gasteiger partial charge in [0, 0.05) is 24.2 Å². The first kappa shape index (κ1) is 33.8. The van der Waals surface area contributed by atoms with Crippen molar-refractivity contribution in [3.05, 3.63) is 83.4 Å². The number of anilines is 1. The quantitative estimate of drug-likeness (QED) is 0.203. The Balaban J connectivity index is 2.09. The summed E-state index contributed by atoms with van der Waals surface area (Å²) in [6.07, 6.45) is 0.553. The maximum atomic E-state index is 14.5. The highest BCUT2D eigenvalue weighted by Gasteiger charge is 2.37. The molecule has 0 aromatic heterocycles. The Bertz CT molecular complexity index is 1420. The predicted octanol–water partition coefficient (Wildman–Crippen LogP) is 5.86. The molecule has 0 bridgehead atoms. The molecule has 44 heavy (non-hydrogen) atoms. The van der Waals surface area contributed by atoms with E-state index < -0.39 is 35.6 Å². The molecular weight excluding hydrogens is 562 g/mol. The number of aromatic hydroxyl groups is 2. The Labute approximate surface area is 259 Å². The number of carbonyl (C=O) groups is 3. The van der Waals surface area contributed by atoms with Crippen molar-refractivity contribution in [1.29, 1.82) is 0 Å². The Morgan fingerprint density at radius 3 is 2.20 bits per heavy atom. The number of unbranched alkanes of at least 4 members (excludes halogenated alkanes) is 1. The van der Waals surface area contributed by atoms with Crippen LogP contribution in [-0.2, 0) is 20.7 Å². The first-order chi connectivity index (χ1) is 20.8. The molecular formula is C34H43N3O7. The highest BCUT2D eigenvalue weighted by molar-refractivity contribution is 5.99. The Hall–Kier alpha value is -4.73. The van der Waals surface area contributed by atoms with Gasteiger partial charge in [0.25, 0.3) is 5.91 Å². The molecule has 0 heterocycles. The third kappa shape index (κ3) is 9.39. The number of carbonyl (C=O) groups excluding carboxylic acids is 3. The van der Waals surface area contributed by atoms with Crippen LogP contribution in [0.1, 0.15) is 63.3 Å². The molecule has 10 nitrogen and oxygen atoms in total. The highest BCUT2D eigenvalue weighted by Crippen LogP contribution is 2.33. The van der Waals surface area contributed by atoms with Gasteiger partial charge in [-0.2, -0.15) is 0 Å². The van der Waals surface area contributed by atoms with Gasteiger partial charge in [0.1, 0.15) is 34.9 Å². The smallest absolute Gasteiger partial charge is 0.408 e. The summed E-state index contributed by atoms with van der Waals surface area (Å²) in [5, 5.41) is 26.5. The molecule has 0 spiro atoms. The lowest BCUT2D eigenvalue weighted by Crippen LogP contribution is -2.53. The van der Waals surface area contributed by atoms with Crippen molar-refractivity contribution in [2.24, 2.45) is 0 Å². The van der Waals surface area contributed by atoms with Crippen LogP contribution in [0.15, 0.2) is 66.7 Å². The van der Waals surface area contributed by atoms with Gasteiger partial charge in [0.15, 0.2) is 0 Å². The second kappa shape index (κ2) is 15.1. The van der Waals surface area contributed by atoms with Crippen LogP contribution in [-0.4, -0.2) is 58.3 Å². The first-order valence-electron chi connectivity index (χ1n) is 14.6. The van der Waals surface area contributed by atoms with Crippen molar-refractivity contribution in [2.45, 2.75) is 71.6 Å². The number of phenols is 2. The summed E-state index contributed by atoms with van der Waals surface area (Å²) in [6, 6.07) is 15.7. The van der Waals surface area contributed by atoms with Gasteiger partial charge in [-0.3, -0.25) is 9.59 Å². The van der Waals surface area contributed by atoms with E-state index in [0.717, 1.165) is 6.42 Å². The van der Waals surface area contributed by atoms with Crippen LogP contribution in [0, 0.1) is 6.92 Å². The number of ether oxygens (including phenoxy) is 2. The van der Waals surface area contributed by atoms with Crippen LogP contribution in [0.3, 0.4) is 0 Å². The molecule has 2 unspecified atom stereocenters. The van der Waals surface area contributed by atoms with E-state index in [1.807, 2.05) is 6.92 Å². The van der Waals surface area contributed by atoms with Crippen LogP contribution in [0.5, 0.6) is 17.2 Å². The zero-order valence-corrected chi connectivity index (χ0v) is 26.2. The van der Waals surface area contributed by atoms with Crippen molar-refractivity contribution in [3.8, 4) is 17.2 Å². The minimum Gasteiger partial charge on any atom is -0.508 e. The number of hydrogen-bond acceptors (Lipinski definition) is 7. The van der Waals surface area contributed by atoms with Crippen molar-refractivity contribution >= 4 is 23.6 Å². The van der Waals surface area contributed by atoms with Gasteiger partial charge < -0.3 is 35.2 Å². The monoisotopic (exact) mass is 605 g/mol. The number of aryl methyl sites for hydroxylation is 1. The van der Waals surface area contributed by atoms with E-state index in [1.54, 1.807) is 89.4 Å². The van der Waals surface area contributed by atoms with E-state index in [0.29, 0.717) is 29.0 Å². The van der Waals surface area contributed by atoms with Crippen LogP contribution in [0.25, 0.3) is 0 Å². The van der Waals surface area contributed by atoms with E-state index in [4.69, 9.17) is 9.47 Å². The Morgan fingerprint density at radius 1 is 0.955 bits per heavy atom. The summed E-state index contributed by atoms with van der Waals surface area (Å²) in [4.78, 5) is 42.9. The number of nitrogens with one attached hydrogen (secondary N) is 2. The fraction of sp³-hybridized carbons (Fsp3) is 0.382. The molecule has 10 heteroatoms. The second-order valence-corrected chi connectivity index (χ2v) is 11.6. The predicted molar refractivity (Wildman–Crippen MR) is 169 cm³/mol. The molecule has 0 fully saturated rings. The van der Waals surface area contributed by atoms with Crippen molar-refractivity contribution < 1.29 is 34.1 Å². The number of nitrogens with zero attached hydrogens (tertiary/aromatic N) is 1. The number of hydrogen-bond donors (Lipinski definition) is 4. The molecule has 0 aliphatic heterocycles. The van der Waals surface area contributed by atoms with Gasteiger partial charge in [0.05, 0.1) is 7.11 Å². The van der Waals surface area contributed by atoms with Crippen LogP contribution in [0.2, 0.25) is 0 Å². The molecule has 0 saturated heterocycles. The number of amides is 3. The van der Waals surface area contributed by atoms with Gasteiger partial charge in [0.2, 0.25) is 5.91 Å². The number of alkyl carbamates (subject to hydrolysis) is 1. The zero-order valence-electron chi connectivity index (χ0n) is 26.2. The third-order valence-corrected chi connectivity index (χ3v) is 6.88. The van der Waals surface area contributed by atoms with Gasteiger partial charge in [-0.25, -0.2) is 4.79 Å². The minimum absolute atomic E-state index is 0.0616. The number of phenolic OH excluding ortho intramolecular Hbond substituents is 2. The molecule has 3 rings (SSSR count). The lowest BCUT2D eigenvalue weighted by molar-refractivity contribution is -0.141. The van der Waals surface area contributed by atoms with E-state index in [1.165, 1.54) is 17.0 Å². The maximum absolute atomic E-state index is 14.5. The van der Waals surface area contributed by atoms with E-state index in [-0.39, 0.29) is 30.0 Å². The Morgan fingerprint density at radius 2 is 1.61 bits per heavy atom. The van der Waals surface area contributed by atoms with Gasteiger partial charge >= 0.3 is 6.09 Å². The number of para-hydroxylation sites is 1. The lowest BCUT2D eigenvalue weighted by atomic mass is 9.97. The van der Waals surface area contributed by atoms with Gasteiger partial charge in [-0.05, 0) is 81.6 Å². The average molecular weight is 606 g/mol. The summed E-state index contributed by atoms with van der Waals surface area (Å²) in [6.45, 7) is 9.01. The number of benzene rings is 3. The molecule has 0 aliphatic carbocycles. The van der Waals surface area contributed by atoms with Gasteiger partial charge in [-0.15, -0.1) is 0 Å². The molecule has 3 aromatic rings. The second-order valence-electron chi connectivity index (χ2n) is 11.6. The Kier molecular flexibility index (Phi) is 11.6. The van der Waals surface area contributed by atoms with Gasteiger partial charge in [-0.1, -0.05) is 43.7 Å². The normalized spacial score (nSPS) is 12.5. The molecule has 4 N–H and O–H groups in total. The first-order valence-corrected chi connectivity index (χ1v) is 14.6. The van der Waals surface area contributed by atoms with Crippen molar-refractivity contribution in [3.63, 3.8) is 0 Å². The van der Waals surface area contributed by atoms with Crippen molar-refractivity contribution in [1.82, 2.24) is 10.2 Å². The zero-order chi connectivity index (χ0) is 32.4. The molecule has 3 amide bonds.